The van der Waals surface area contributed by atoms with Crippen LogP contribution in [0.5, 0.6) is 5.75 Å². The van der Waals surface area contributed by atoms with Crippen LogP contribution in [-0.4, -0.2) is 48.0 Å². The first-order valence-electron chi connectivity index (χ1n) is 13.1. The number of ether oxygens (including phenoxy) is 1. The van der Waals surface area contributed by atoms with E-state index in [1.54, 1.807) is 36.5 Å². The number of carbonyl (C=O) groups excluding carboxylic acids is 1. The molecule has 0 bridgehead atoms. The first-order chi connectivity index (χ1) is 20.7. The van der Waals surface area contributed by atoms with Gasteiger partial charge in [0.05, 0.1) is 5.92 Å². The molecule has 0 saturated carbocycles. The Labute approximate surface area is 255 Å². The summed E-state index contributed by atoms with van der Waals surface area (Å²) >= 11 is 5.94. The standard InChI is InChI=1S/C30H25ClF3N5O4S/c1-18(19-3-8-22(31)9-4-19)28(40)35-23-10-5-20(6-11-23)21-7-14-27-37-29(38-39(27)16-21)36-24-12-13-26(44(2,41)42)25(15-24)43-17-30(32,33)34/h3-16,18H,17H2,1-2H3,(H,35,40)(H,36,38)/t18-/m1/s1. The minimum absolute atomic E-state index is 0.129. The monoisotopic (exact) mass is 643 g/mol. The molecule has 0 spiro atoms. The van der Waals surface area contributed by atoms with Crippen molar-refractivity contribution >= 4 is 50.3 Å². The lowest BCUT2D eigenvalue weighted by Crippen LogP contribution is -2.20. The molecule has 0 unspecified atom stereocenters. The number of sulfone groups is 1. The highest BCUT2D eigenvalue weighted by Crippen LogP contribution is 2.31. The van der Waals surface area contributed by atoms with Crippen molar-refractivity contribution in [2.45, 2.75) is 23.9 Å². The Kier molecular flexibility index (Phi) is 8.53. The van der Waals surface area contributed by atoms with Gasteiger partial charge in [-0.2, -0.15) is 18.2 Å². The summed E-state index contributed by atoms with van der Waals surface area (Å²) in [6.45, 7) is 0.166. The molecule has 0 radical (unpaired) electrons. The molecule has 3 aromatic carbocycles. The van der Waals surface area contributed by atoms with Gasteiger partial charge in [0, 0.05) is 40.5 Å². The molecule has 5 aromatic rings. The van der Waals surface area contributed by atoms with E-state index in [1.807, 2.05) is 37.3 Å². The number of alkyl halides is 3. The Morgan fingerprint density at radius 2 is 1.64 bits per heavy atom. The summed E-state index contributed by atoms with van der Waals surface area (Å²) in [5.41, 5.74) is 3.85. The van der Waals surface area contributed by atoms with Gasteiger partial charge in [-0.3, -0.25) is 4.79 Å². The van der Waals surface area contributed by atoms with Crippen molar-refractivity contribution in [3.05, 3.63) is 95.6 Å². The fourth-order valence-corrected chi connectivity index (χ4v) is 5.22. The van der Waals surface area contributed by atoms with E-state index in [4.69, 9.17) is 16.3 Å². The van der Waals surface area contributed by atoms with Crippen LogP contribution in [-0.2, 0) is 14.6 Å². The van der Waals surface area contributed by atoms with Crippen LogP contribution >= 0.6 is 11.6 Å². The van der Waals surface area contributed by atoms with Crippen LogP contribution in [0.2, 0.25) is 5.02 Å². The van der Waals surface area contributed by atoms with Gasteiger partial charge in [0.1, 0.15) is 10.6 Å². The number of hydrogen-bond donors (Lipinski definition) is 2. The topological polar surface area (TPSA) is 115 Å². The minimum atomic E-state index is -4.65. The van der Waals surface area contributed by atoms with Gasteiger partial charge in [0.25, 0.3) is 0 Å². The fourth-order valence-electron chi connectivity index (χ4n) is 4.30. The largest absolute Gasteiger partial charge is 0.483 e. The van der Waals surface area contributed by atoms with Crippen LogP contribution in [0.3, 0.4) is 0 Å². The van der Waals surface area contributed by atoms with Crippen molar-refractivity contribution in [1.29, 1.82) is 0 Å². The summed E-state index contributed by atoms with van der Waals surface area (Å²) in [6, 6.07) is 21.7. The highest BCUT2D eigenvalue weighted by molar-refractivity contribution is 7.90. The predicted molar refractivity (Wildman–Crippen MR) is 161 cm³/mol. The molecule has 2 N–H and O–H groups in total. The van der Waals surface area contributed by atoms with E-state index in [-0.39, 0.29) is 28.4 Å². The zero-order valence-electron chi connectivity index (χ0n) is 23.3. The van der Waals surface area contributed by atoms with Gasteiger partial charge >= 0.3 is 6.18 Å². The van der Waals surface area contributed by atoms with Crippen molar-refractivity contribution in [2.75, 3.05) is 23.5 Å². The lowest BCUT2D eigenvalue weighted by molar-refractivity contribution is -0.153. The molecule has 0 saturated heterocycles. The average Bonchev–Trinajstić information content (AvgIpc) is 3.37. The second kappa shape index (κ2) is 12.2. The van der Waals surface area contributed by atoms with Crippen LogP contribution < -0.4 is 15.4 Å². The third-order valence-corrected chi connectivity index (χ3v) is 7.96. The number of benzene rings is 3. The number of amides is 1. The smallest absolute Gasteiger partial charge is 0.422 e. The van der Waals surface area contributed by atoms with E-state index in [2.05, 4.69) is 20.7 Å². The maximum absolute atomic E-state index is 12.7. The average molecular weight is 644 g/mol. The predicted octanol–water partition coefficient (Wildman–Crippen LogP) is 6.88. The first-order valence-corrected chi connectivity index (χ1v) is 15.4. The van der Waals surface area contributed by atoms with E-state index < -0.39 is 28.4 Å². The number of rotatable bonds is 9. The Bertz CT molecular complexity index is 1930. The first kappa shape index (κ1) is 30.8. The Morgan fingerprint density at radius 1 is 0.977 bits per heavy atom. The number of carbonyl (C=O) groups is 1. The number of nitrogens with one attached hydrogen (secondary N) is 2. The third-order valence-electron chi connectivity index (χ3n) is 6.57. The number of pyridine rings is 1. The molecule has 0 aliphatic heterocycles. The Hall–Kier alpha value is -4.62. The lowest BCUT2D eigenvalue weighted by atomic mass is 10.0. The van der Waals surface area contributed by atoms with Gasteiger partial charge in [0.2, 0.25) is 11.9 Å². The van der Waals surface area contributed by atoms with Crippen LogP contribution in [0.4, 0.5) is 30.5 Å². The van der Waals surface area contributed by atoms with Gasteiger partial charge in [-0.05, 0) is 66.6 Å². The quantitative estimate of drug-likeness (QED) is 0.180. The zero-order valence-corrected chi connectivity index (χ0v) is 24.8. The lowest BCUT2D eigenvalue weighted by Gasteiger charge is -2.13. The third kappa shape index (κ3) is 7.47. The van der Waals surface area contributed by atoms with Crippen molar-refractivity contribution in [3.63, 3.8) is 0 Å². The molecule has 0 aliphatic rings. The molecule has 9 nitrogen and oxygen atoms in total. The van der Waals surface area contributed by atoms with Gasteiger partial charge in [-0.15, -0.1) is 5.10 Å². The Balaban J connectivity index is 1.30. The highest BCUT2D eigenvalue weighted by Gasteiger charge is 2.29. The number of hydrogen-bond acceptors (Lipinski definition) is 7. The van der Waals surface area contributed by atoms with Gasteiger partial charge in [-0.25, -0.2) is 12.9 Å². The number of halogens is 4. The van der Waals surface area contributed by atoms with Crippen molar-refractivity contribution in [3.8, 4) is 16.9 Å². The molecule has 1 atom stereocenters. The van der Waals surface area contributed by atoms with E-state index in [1.165, 1.54) is 10.6 Å². The van der Waals surface area contributed by atoms with Crippen LogP contribution in [0, 0.1) is 0 Å². The molecule has 0 aliphatic carbocycles. The molecule has 2 aromatic heterocycles. The fraction of sp³-hybridized carbons (Fsp3) is 0.167. The van der Waals surface area contributed by atoms with Crippen molar-refractivity contribution in [2.24, 2.45) is 0 Å². The van der Waals surface area contributed by atoms with Crippen LogP contribution in [0.15, 0.2) is 90.0 Å². The number of fused-ring (bicyclic) bond motifs is 1. The second-order valence-electron chi connectivity index (χ2n) is 9.96. The molecule has 5 rings (SSSR count). The van der Waals surface area contributed by atoms with Gasteiger partial charge in [0.15, 0.2) is 22.1 Å². The molecule has 0 fully saturated rings. The SMILES string of the molecule is C[C@@H](C(=O)Nc1ccc(-c2ccc3nc(Nc4ccc(S(C)(=O)=O)c(OCC(F)(F)F)c4)nn3c2)cc1)c1ccc(Cl)cc1. The van der Waals surface area contributed by atoms with E-state index in [0.29, 0.717) is 16.4 Å². The summed E-state index contributed by atoms with van der Waals surface area (Å²) < 4.78 is 68.5. The molecule has 1 amide bonds. The maximum atomic E-state index is 12.7. The molecular formula is C30H25ClF3N5O4S. The molecule has 2 heterocycles. The number of aromatic nitrogens is 3. The molecule has 14 heteroatoms. The molecule has 44 heavy (non-hydrogen) atoms. The summed E-state index contributed by atoms with van der Waals surface area (Å²) in [4.78, 5) is 16.7. The zero-order chi connectivity index (χ0) is 31.6. The maximum Gasteiger partial charge on any atom is 0.422 e. The summed E-state index contributed by atoms with van der Waals surface area (Å²) in [6.07, 6.45) is -2.03. The van der Waals surface area contributed by atoms with E-state index >= 15 is 0 Å². The van der Waals surface area contributed by atoms with E-state index in [9.17, 15) is 26.4 Å². The van der Waals surface area contributed by atoms with Gasteiger partial charge in [-0.1, -0.05) is 35.9 Å². The Morgan fingerprint density at radius 3 is 2.30 bits per heavy atom. The van der Waals surface area contributed by atoms with Crippen molar-refractivity contribution in [1.82, 2.24) is 14.6 Å². The molecule has 228 valence electrons. The summed E-state index contributed by atoms with van der Waals surface area (Å²) in [5.74, 6) is -0.848. The van der Waals surface area contributed by atoms with E-state index in [0.717, 1.165) is 35.1 Å². The molecular weight excluding hydrogens is 619 g/mol. The number of anilines is 3. The normalized spacial score (nSPS) is 12.6. The highest BCUT2D eigenvalue weighted by atomic mass is 35.5. The van der Waals surface area contributed by atoms with Crippen molar-refractivity contribution < 1.29 is 31.1 Å². The van der Waals surface area contributed by atoms with Crippen LogP contribution in [0.25, 0.3) is 16.8 Å². The second-order valence-corrected chi connectivity index (χ2v) is 12.4. The number of nitrogens with zero attached hydrogens (tertiary/aromatic N) is 3. The van der Waals surface area contributed by atoms with Crippen LogP contribution in [0.1, 0.15) is 18.4 Å². The summed E-state index contributed by atoms with van der Waals surface area (Å²) in [7, 11) is -3.85. The minimum Gasteiger partial charge on any atom is -0.483 e. The summed E-state index contributed by atoms with van der Waals surface area (Å²) in [5, 5.41) is 10.8. The van der Waals surface area contributed by atoms with Gasteiger partial charge < -0.3 is 15.4 Å².